The summed E-state index contributed by atoms with van der Waals surface area (Å²) < 4.78 is 4.48. The molecule has 0 aromatic heterocycles. The molecule has 0 spiro atoms. The number of aliphatic hydroxyl groups is 3. The Bertz CT molecular complexity index is 179. The third-order valence-corrected chi connectivity index (χ3v) is 0.931. The number of hydrogen-bond acceptors (Lipinski definition) is 4. The molecule has 0 aliphatic carbocycles. The van der Waals surface area contributed by atoms with Crippen molar-refractivity contribution < 1.29 is 20.1 Å². The molecule has 1 heterocycles. The Hall–Kier alpha value is -1.32. The first-order valence-corrected chi connectivity index (χ1v) is 2.34. The molecule has 4 heteroatoms. The zero-order valence-corrected chi connectivity index (χ0v) is 4.53. The van der Waals surface area contributed by atoms with Crippen LogP contribution in [-0.4, -0.2) is 21.9 Å². The topological polar surface area (TPSA) is 69.9 Å². The average Bonchev–Trinajstić information content (AvgIpc) is 1.83. The van der Waals surface area contributed by atoms with E-state index >= 15 is 0 Å². The first-order chi connectivity index (χ1) is 4.22. The summed E-state index contributed by atoms with van der Waals surface area (Å²) in [6, 6.07) is 0. The molecule has 9 heavy (non-hydrogen) atoms. The lowest BCUT2D eigenvalue weighted by Crippen LogP contribution is -2.06. The van der Waals surface area contributed by atoms with Gasteiger partial charge in [0, 0.05) is 0 Å². The van der Waals surface area contributed by atoms with Crippen molar-refractivity contribution >= 4 is 0 Å². The molecule has 0 saturated carbocycles. The zero-order chi connectivity index (χ0) is 6.85. The fourth-order valence-electron chi connectivity index (χ4n) is 0.472. The molecule has 1 aliphatic heterocycles. The highest BCUT2D eigenvalue weighted by Gasteiger charge is 2.13. The fourth-order valence-corrected chi connectivity index (χ4v) is 0.472. The molecule has 0 aromatic rings. The second kappa shape index (κ2) is 1.89. The van der Waals surface area contributed by atoms with E-state index in [9.17, 15) is 0 Å². The smallest absolute Gasteiger partial charge is 0.202 e. The summed E-state index contributed by atoms with van der Waals surface area (Å²) in [5.41, 5.74) is 0. The van der Waals surface area contributed by atoms with E-state index in [1.807, 2.05) is 0 Å². The van der Waals surface area contributed by atoms with Gasteiger partial charge in [-0.1, -0.05) is 0 Å². The summed E-state index contributed by atoms with van der Waals surface area (Å²) in [5.74, 6) is -1.31. The van der Waals surface area contributed by atoms with E-state index in [0.717, 1.165) is 6.26 Å². The van der Waals surface area contributed by atoms with E-state index in [1.165, 1.54) is 0 Å². The average molecular weight is 130 g/mol. The summed E-state index contributed by atoms with van der Waals surface area (Å²) in [6.07, 6.45) is 0.967. The Morgan fingerprint density at radius 3 is 2.44 bits per heavy atom. The van der Waals surface area contributed by atoms with Crippen molar-refractivity contribution in [1.82, 2.24) is 0 Å². The van der Waals surface area contributed by atoms with E-state index < -0.39 is 11.5 Å². The van der Waals surface area contributed by atoms with Crippen molar-refractivity contribution in [1.29, 1.82) is 0 Å². The molecular formula is C5H6O4. The minimum atomic E-state index is -0.513. The Labute approximate surface area is 51.3 Å². The predicted molar refractivity (Wildman–Crippen MR) is 28.9 cm³/mol. The Balaban J connectivity index is 2.88. The van der Waals surface area contributed by atoms with Gasteiger partial charge in [0.2, 0.25) is 5.76 Å². The second-order valence-electron chi connectivity index (χ2n) is 1.61. The van der Waals surface area contributed by atoms with Gasteiger partial charge in [0.15, 0.2) is 11.5 Å². The molecule has 0 bridgehead atoms. The third-order valence-electron chi connectivity index (χ3n) is 0.931. The van der Waals surface area contributed by atoms with Crippen molar-refractivity contribution in [3.05, 3.63) is 23.5 Å². The molecule has 0 saturated heterocycles. The first kappa shape index (κ1) is 5.81. The Morgan fingerprint density at radius 2 is 2.00 bits per heavy atom. The van der Waals surface area contributed by atoms with E-state index in [4.69, 9.17) is 15.3 Å². The summed E-state index contributed by atoms with van der Waals surface area (Å²) in [6.45, 7) is -0.0874. The number of hydrogen-bond donors (Lipinski definition) is 3. The minimum absolute atomic E-state index is 0.0874. The van der Waals surface area contributed by atoms with E-state index in [0.29, 0.717) is 0 Å². The van der Waals surface area contributed by atoms with Gasteiger partial charge < -0.3 is 20.1 Å². The summed E-state index contributed by atoms with van der Waals surface area (Å²) in [7, 11) is 0. The summed E-state index contributed by atoms with van der Waals surface area (Å²) >= 11 is 0. The molecule has 4 nitrogen and oxygen atoms in total. The van der Waals surface area contributed by atoms with Crippen LogP contribution >= 0.6 is 0 Å². The standard InChI is InChI=1S/C5H6O4/c6-3-1-9-2-4(7)5(3)8/h1,6-8H,2H2. The maximum atomic E-state index is 8.68. The molecular weight excluding hydrogens is 124 g/mol. The van der Waals surface area contributed by atoms with Gasteiger partial charge in [-0.05, 0) is 0 Å². The lowest BCUT2D eigenvalue weighted by molar-refractivity contribution is 0.163. The predicted octanol–water partition coefficient (Wildman–Crippen LogP) is 0.744. The van der Waals surface area contributed by atoms with Crippen LogP contribution in [0.4, 0.5) is 0 Å². The molecule has 1 rings (SSSR count). The van der Waals surface area contributed by atoms with Gasteiger partial charge in [-0.3, -0.25) is 0 Å². The summed E-state index contributed by atoms with van der Waals surface area (Å²) in [4.78, 5) is 0. The lowest BCUT2D eigenvalue weighted by atomic mass is 10.3. The highest BCUT2D eigenvalue weighted by atomic mass is 16.5. The van der Waals surface area contributed by atoms with E-state index in [1.54, 1.807) is 0 Å². The first-order valence-electron chi connectivity index (χ1n) is 2.34. The largest absolute Gasteiger partial charge is 0.505 e. The quantitative estimate of drug-likeness (QED) is 0.452. The van der Waals surface area contributed by atoms with Crippen LogP contribution in [-0.2, 0) is 4.74 Å². The van der Waals surface area contributed by atoms with Crippen LogP contribution < -0.4 is 0 Å². The molecule has 0 fully saturated rings. The van der Waals surface area contributed by atoms with Crippen LogP contribution in [0.2, 0.25) is 0 Å². The van der Waals surface area contributed by atoms with Crippen LogP contribution in [0.25, 0.3) is 0 Å². The van der Waals surface area contributed by atoms with E-state index in [2.05, 4.69) is 4.74 Å². The van der Waals surface area contributed by atoms with Gasteiger partial charge in [0.05, 0.1) is 0 Å². The SMILES string of the molecule is OC1=COCC(O)=C1O. The van der Waals surface area contributed by atoms with E-state index in [-0.39, 0.29) is 12.4 Å². The van der Waals surface area contributed by atoms with Gasteiger partial charge >= 0.3 is 0 Å². The van der Waals surface area contributed by atoms with Crippen molar-refractivity contribution in [2.24, 2.45) is 0 Å². The number of ether oxygens (including phenoxy) is 1. The highest BCUT2D eigenvalue weighted by molar-refractivity contribution is 5.21. The van der Waals surface area contributed by atoms with Crippen molar-refractivity contribution in [3.63, 3.8) is 0 Å². The molecule has 3 N–H and O–H groups in total. The Kier molecular flexibility index (Phi) is 1.22. The van der Waals surface area contributed by atoms with Crippen LogP contribution in [0, 0.1) is 0 Å². The molecule has 0 radical (unpaired) electrons. The van der Waals surface area contributed by atoms with Gasteiger partial charge in [-0.2, -0.15) is 0 Å². The normalized spacial score (nSPS) is 18.9. The number of aliphatic hydroxyl groups excluding tert-OH is 3. The third kappa shape index (κ3) is 0.910. The van der Waals surface area contributed by atoms with Crippen LogP contribution in [0.5, 0.6) is 0 Å². The minimum Gasteiger partial charge on any atom is -0.505 e. The molecule has 0 unspecified atom stereocenters. The van der Waals surface area contributed by atoms with Crippen molar-refractivity contribution in [2.45, 2.75) is 0 Å². The second-order valence-corrected chi connectivity index (χ2v) is 1.61. The summed E-state index contributed by atoms with van der Waals surface area (Å²) in [5, 5.41) is 25.9. The van der Waals surface area contributed by atoms with Gasteiger partial charge in [0.25, 0.3) is 0 Å². The Morgan fingerprint density at radius 1 is 1.33 bits per heavy atom. The molecule has 0 amide bonds. The zero-order valence-electron chi connectivity index (χ0n) is 4.53. The fraction of sp³-hybridized carbons (Fsp3) is 0.200. The lowest BCUT2D eigenvalue weighted by Gasteiger charge is -2.08. The highest BCUT2D eigenvalue weighted by Crippen LogP contribution is 2.12. The van der Waals surface area contributed by atoms with Crippen LogP contribution in [0.1, 0.15) is 0 Å². The molecule has 0 aromatic carbocycles. The van der Waals surface area contributed by atoms with Crippen LogP contribution in [0.3, 0.4) is 0 Å². The van der Waals surface area contributed by atoms with Gasteiger partial charge in [0.1, 0.15) is 12.9 Å². The molecule has 0 atom stereocenters. The number of rotatable bonds is 0. The van der Waals surface area contributed by atoms with Gasteiger partial charge in [-0.15, -0.1) is 0 Å². The molecule has 50 valence electrons. The molecule has 1 aliphatic rings. The maximum absolute atomic E-state index is 8.68. The monoisotopic (exact) mass is 130 g/mol. The van der Waals surface area contributed by atoms with Crippen LogP contribution in [0.15, 0.2) is 23.5 Å². The van der Waals surface area contributed by atoms with Crippen molar-refractivity contribution in [3.8, 4) is 0 Å². The van der Waals surface area contributed by atoms with Gasteiger partial charge in [-0.25, -0.2) is 0 Å². The maximum Gasteiger partial charge on any atom is 0.202 e. The van der Waals surface area contributed by atoms with Crippen molar-refractivity contribution in [2.75, 3.05) is 6.61 Å².